The zero-order valence-corrected chi connectivity index (χ0v) is 16.3. The third-order valence-electron chi connectivity index (χ3n) is 4.70. The molecule has 2 amide bonds. The molecule has 1 aliphatic heterocycles. The van der Waals surface area contributed by atoms with Crippen LogP contribution in [0.5, 0.6) is 5.75 Å². The van der Waals surface area contributed by atoms with Gasteiger partial charge in [0.05, 0.1) is 26.0 Å². The SMILES string of the molecule is COc1ccc(/C(C)=N\NC(=O)Nc2ccccc2)cc1C[NH+]1CCOCC1. The molecule has 0 aliphatic carbocycles. The van der Waals surface area contributed by atoms with Gasteiger partial charge >= 0.3 is 6.03 Å². The van der Waals surface area contributed by atoms with Gasteiger partial charge in [-0.2, -0.15) is 5.10 Å². The van der Waals surface area contributed by atoms with E-state index in [1.807, 2.05) is 49.4 Å². The number of amides is 2. The number of morpholine rings is 1. The van der Waals surface area contributed by atoms with Gasteiger partial charge in [-0.3, -0.25) is 0 Å². The lowest BCUT2D eigenvalue weighted by molar-refractivity contribution is -0.921. The second-order valence-electron chi connectivity index (χ2n) is 6.69. The highest BCUT2D eigenvalue weighted by Crippen LogP contribution is 2.19. The van der Waals surface area contributed by atoms with Crippen molar-refractivity contribution in [2.45, 2.75) is 13.5 Å². The lowest BCUT2D eigenvalue weighted by Crippen LogP contribution is -3.12. The van der Waals surface area contributed by atoms with E-state index in [1.54, 1.807) is 7.11 Å². The summed E-state index contributed by atoms with van der Waals surface area (Å²) in [6, 6.07) is 14.9. The van der Waals surface area contributed by atoms with E-state index in [9.17, 15) is 4.79 Å². The number of quaternary nitrogens is 1. The highest BCUT2D eigenvalue weighted by atomic mass is 16.5. The Morgan fingerprint density at radius 3 is 2.64 bits per heavy atom. The number of hydrazone groups is 1. The number of benzene rings is 2. The van der Waals surface area contributed by atoms with E-state index in [0.717, 1.165) is 55.4 Å². The van der Waals surface area contributed by atoms with Gasteiger partial charge in [0.2, 0.25) is 0 Å². The highest BCUT2D eigenvalue weighted by molar-refractivity contribution is 6.00. The predicted molar refractivity (Wildman–Crippen MR) is 109 cm³/mol. The van der Waals surface area contributed by atoms with Gasteiger partial charge in [0.15, 0.2) is 0 Å². The fourth-order valence-electron chi connectivity index (χ4n) is 3.13. The number of anilines is 1. The first-order chi connectivity index (χ1) is 13.7. The van der Waals surface area contributed by atoms with E-state index in [2.05, 4.69) is 21.9 Å². The Balaban J connectivity index is 1.66. The van der Waals surface area contributed by atoms with Crippen molar-refractivity contribution in [3.8, 4) is 5.75 Å². The van der Waals surface area contributed by atoms with Crippen LogP contribution in [0.4, 0.5) is 10.5 Å². The molecule has 3 N–H and O–H groups in total. The first-order valence-corrected chi connectivity index (χ1v) is 9.40. The van der Waals surface area contributed by atoms with Crippen LogP contribution in [0.3, 0.4) is 0 Å². The van der Waals surface area contributed by atoms with Gasteiger partial charge < -0.3 is 19.7 Å². The topological polar surface area (TPSA) is 76.4 Å². The number of nitrogens with one attached hydrogen (secondary N) is 3. The number of carbonyl (C=O) groups excluding carboxylic acids is 1. The fourth-order valence-corrected chi connectivity index (χ4v) is 3.13. The van der Waals surface area contributed by atoms with Crippen molar-refractivity contribution in [3.05, 3.63) is 59.7 Å². The summed E-state index contributed by atoms with van der Waals surface area (Å²) in [7, 11) is 1.68. The molecule has 2 aromatic rings. The monoisotopic (exact) mass is 383 g/mol. The lowest BCUT2D eigenvalue weighted by Gasteiger charge is -2.24. The third-order valence-corrected chi connectivity index (χ3v) is 4.70. The molecule has 0 atom stereocenters. The first-order valence-electron chi connectivity index (χ1n) is 9.40. The van der Waals surface area contributed by atoms with E-state index >= 15 is 0 Å². The van der Waals surface area contributed by atoms with Crippen molar-refractivity contribution in [2.75, 3.05) is 38.7 Å². The minimum absolute atomic E-state index is 0.378. The maximum absolute atomic E-state index is 12.0. The standard InChI is InChI=1S/C21H26N4O3/c1-16(23-24-21(26)22-19-6-4-3-5-7-19)17-8-9-20(27-2)18(14-17)15-25-10-12-28-13-11-25/h3-9,14H,10-13,15H2,1-2H3,(H2,22,24,26)/p+1/b23-16-. The van der Waals surface area contributed by atoms with Gasteiger partial charge in [0, 0.05) is 11.3 Å². The number of carbonyl (C=O) groups is 1. The molecular formula is C21H27N4O3+. The summed E-state index contributed by atoms with van der Waals surface area (Å²) >= 11 is 0. The van der Waals surface area contributed by atoms with Crippen LogP contribution in [-0.2, 0) is 11.3 Å². The Labute approximate surface area is 165 Å². The summed E-state index contributed by atoms with van der Waals surface area (Å²) in [5, 5.41) is 6.96. The summed E-state index contributed by atoms with van der Waals surface area (Å²) in [4.78, 5) is 13.5. The maximum atomic E-state index is 12.0. The maximum Gasteiger partial charge on any atom is 0.339 e. The van der Waals surface area contributed by atoms with E-state index in [0.29, 0.717) is 5.69 Å². The number of nitrogens with zero attached hydrogens (tertiary/aromatic N) is 1. The molecule has 7 heteroatoms. The van der Waals surface area contributed by atoms with Crippen LogP contribution in [-0.4, -0.2) is 45.2 Å². The molecule has 0 spiro atoms. The summed E-state index contributed by atoms with van der Waals surface area (Å²) < 4.78 is 11.0. The Morgan fingerprint density at radius 1 is 1.18 bits per heavy atom. The van der Waals surface area contributed by atoms with Crippen LogP contribution < -0.4 is 20.4 Å². The van der Waals surface area contributed by atoms with Gasteiger partial charge in [-0.25, -0.2) is 10.2 Å². The number of hydrogen-bond acceptors (Lipinski definition) is 4. The summed E-state index contributed by atoms with van der Waals surface area (Å²) in [6.45, 7) is 6.30. The molecule has 0 radical (unpaired) electrons. The number of ether oxygens (including phenoxy) is 2. The second-order valence-corrected chi connectivity index (χ2v) is 6.69. The number of hydrogen-bond donors (Lipinski definition) is 3. The average Bonchev–Trinajstić information content (AvgIpc) is 2.73. The molecule has 1 heterocycles. The molecule has 7 nitrogen and oxygen atoms in total. The number of urea groups is 1. The zero-order chi connectivity index (χ0) is 19.8. The van der Waals surface area contributed by atoms with Crippen molar-refractivity contribution in [1.29, 1.82) is 0 Å². The van der Waals surface area contributed by atoms with Gasteiger partial charge in [-0.1, -0.05) is 18.2 Å². The Morgan fingerprint density at radius 2 is 1.93 bits per heavy atom. The summed E-state index contributed by atoms with van der Waals surface area (Å²) in [6.07, 6.45) is 0. The van der Waals surface area contributed by atoms with Crippen LogP contribution in [0.15, 0.2) is 53.6 Å². The molecule has 1 saturated heterocycles. The van der Waals surface area contributed by atoms with E-state index in [-0.39, 0.29) is 6.03 Å². The van der Waals surface area contributed by atoms with Crippen molar-refractivity contribution < 1.29 is 19.2 Å². The van der Waals surface area contributed by atoms with Crippen LogP contribution >= 0.6 is 0 Å². The van der Waals surface area contributed by atoms with Crippen LogP contribution in [0, 0.1) is 0 Å². The molecule has 28 heavy (non-hydrogen) atoms. The lowest BCUT2D eigenvalue weighted by atomic mass is 10.1. The van der Waals surface area contributed by atoms with Gasteiger partial charge in [-0.15, -0.1) is 0 Å². The molecule has 0 aromatic heterocycles. The van der Waals surface area contributed by atoms with E-state index in [4.69, 9.17) is 9.47 Å². The Bertz CT molecular complexity index is 818. The van der Waals surface area contributed by atoms with Crippen molar-refractivity contribution >= 4 is 17.4 Å². The molecule has 148 valence electrons. The van der Waals surface area contributed by atoms with Gasteiger partial charge in [0.1, 0.15) is 25.4 Å². The number of methoxy groups -OCH3 is 1. The van der Waals surface area contributed by atoms with Crippen molar-refractivity contribution in [1.82, 2.24) is 5.43 Å². The fraction of sp³-hybridized carbons (Fsp3) is 0.333. The number of rotatable bonds is 6. The molecular weight excluding hydrogens is 356 g/mol. The molecule has 1 fully saturated rings. The summed E-state index contributed by atoms with van der Waals surface area (Å²) in [5.74, 6) is 0.866. The molecule has 0 bridgehead atoms. The molecule has 0 saturated carbocycles. The minimum Gasteiger partial charge on any atom is -0.496 e. The third kappa shape index (κ3) is 5.55. The van der Waals surface area contributed by atoms with Crippen molar-refractivity contribution in [2.24, 2.45) is 5.10 Å². The summed E-state index contributed by atoms with van der Waals surface area (Å²) in [5.41, 5.74) is 6.06. The van der Waals surface area contributed by atoms with E-state index < -0.39 is 0 Å². The molecule has 2 aromatic carbocycles. The molecule has 0 unspecified atom stereocenters. The largest absolute Gasteiger partial charge is 0.496 e. The Kier molecular flexibility index (Phi) is 7.00. The zero-order valence-electron chi connectivity index (χ0n) is 16.3. The first kappa shape index (κ1) is 19.9. The smallest absolute Gasteiger partial charge is 0.339 e. The Hall–Kier alpha value is -2.90. The second kappa shape index (κ2) is 9.87. The van der Waals surface area contributed by atoms with Crippen molar-refractivity contribution in [3.63, 3.8) is 0 Å². The van der Waals surface area contributed by atoms with Gasteiger partial charge in [-0.05, 0) is 42.8 Å². The highest BCUT2D eigenvalue weighted by Gasteiger charge is 2.17. The quantitative estimate of drug-likeness (QED) is 0.525. The van der Waals surface area contributed by atoms with Crippen LogP contribution in [0.25, 0.3) is 0 Å². The predicted octanol–water partition coefficient (Wildman–Crippen LogP) is 1.66. The van der Waals surface area contributed by atoms with Crippen LogP contribution in [0.2, 0.25) is 0 Å². The van der Waals surface area contributed by atoms with Gasteiger partial charge in [0.25, 0.3) is 0 Å². The number of para-hydroxylation sites is 1. The molecule has 1 aliphatic rings. The normalized spacial score (nSPS) is 15.1. The van der Waals surface area contributed by atoms with Crippen LogP contribution in [0.1, 0.15) is 18.1 Å². The average molecular weight is 383 g/mol. The molecule has 3 rings (SSSR count). The minimum atomic E-state index is -0.378. The van der Waals surface area contributed by atoms with E-state index in [1.165, 1.54) is 4.90 Å².